The molecule has 31 heavy (non-hydrogen) atoms. The van der Waals surface area contributed by atoms with Crippen LogP contribution in [0, 0.1) is 0 Å². The van der Waals surface area contributed by atoms with Gasteiger partial charge in [-0.05, 0) is 56.0 Å². The Balaban J connectivity index is 1.68. The van der Waals surface area contributed by atoms with Gasteiger partial charge in [0, 0.05) is 11.4 Å². The van der Waals surface area contributed by atoms with E-state index in [4.69, 9.17) is 14.2 Å². The Bertz CT molecular complexity index is 940. The van der Waals surface area contributed by atoms with E-state index in [1.165, 1.54) is 23.3 Å². The first-order chi connectivity index (χ1) is 15.0. The van der Waals surface area contributed by atoms with Gasteiger partial charge in [-0.1, -0.05) is 13.0 Å². The number of amides is 1. The van der Waals surface area contributed by atoms with Crippen LogP contribution in [0.15, 0.2) is 18.2 Å². The zero-order valence-electron chi connectivity index (χ0n) is 18.6. The first-order valence-electron chi connectivity index (χ1n) is 10.5. The lowest BCUT2D eigenvalue weighted by Crippen LogP contribution is -2.33. The summed E-state index contributed by atoms with van der Waals surface area (Å²) in [7, 11) is 2.99. The number of nitrogens with zero attached hydrogens (tertiary/aromatic N) is 1. The summed E-state index contributed by atoms with van der Waals surface area (Å²) in [6.07, 6.45) is 2.84. The summed E-state index contributed by atoms with van der Waals surface area (Å²) in [6.45, 7) is 6.02. The number of hydrogen-bond acceptors (Lipinski definition) is 7. The fourth-order valence-corrected chi connectivity index (χ4v) is 5.10. The van der Waals surface area contributed by atoms with Gasteiger partial charge in [0.05, 0.1) is 32.9 Å². The normalized spacial score (nSPS) is 12.5. The van der Waals surface area contributed by atoms with Gasteiger partial charge in [0.1, 0.15) is 5.00 Å². The van der Waals surface area contributed by atoms with Crippen molar-refractivity contribution in [1.82, 2.24) is 4.90 Å². The summed E-state index contributed by atoms with van der Waals surface area (Å²) in [5.41, 5.74) is 2.58. The fourth-order valence-electron chi connectivity index (χ4n) is 3.80. The minimum atomic E-state index is -0.386. The van der Waals surface area contributed by atoms with Crippen LogP contribution in [-0.4, -0.2) is 50.7 Å². The molecule has 1 aromatic carbocycles. The quantitative estimate of drug-likeness (QED) is 0.558. The van der Waals surface area contributed by atoms with Crippen LogP contribution in [-0.2, 0) is 28.9 Å². The Hall–Kier alpha value is -2.58. The molecule has 3 rings (SSSR count). The Morgan fingerprint density at radius 2 is 1.97 bits per heavy atom. The van der Waals surface area contributed by atoms with Crippen molar-refractivity contribution in [2.24, 2.45) is 0 Å². The maximum atomic E-state index is 12.8. The van der Waals surface area contributed by atoms with Crippen LogP contribution in [0.1, 0.15) is 46.6 Å². The van der Waals surface area contributed by atoms with Crippen molar-refractivity contribution in [3.8, 4) is 11.5 Å². The second kappa shape index (κ2) is 10.6. The zero-order chi connectivity index (χ0) is 22.4. The molecule has 0 aliphatic heterocycles. The van der Waals surface area contributed by atoms with Crippen LogP contribution in [0.25, 0.3) is 0 Å². The zero-order valence-corrected chi connectivity index (χ0v) is 19.4. The average molecular weight is 447 g/mol. The van der Waals surface area contributed by atoms with E-state index in [0.717, 1.165) is 30.4 Å². The molecule has 0 radical (unpaired) electrons. The summed E-state index contributed by atoms with van der Waals surface area (Å²) in [6, 6.07) is 5.80. The molecule has 0 saturated heterocycles. The van der Waals surface area contributed by atoms with Crippen molar-refractivity contribution < 1.29 is 23.8 Å². The lowest BCUT2D eigenvalue weighted by atomic mass is 10.1. The molecule has 0 atom stereocenters. The summed E-state index contributed by atoms with van der Waals surface area (Å²) >= 11 is 1.49. The van der Waals surface area contributed by atoms with Gasteiger partial charge in [-0.2, -0.15) is 0 Å². The summed E-state index contributed by atoms with van der Waals surface area (Å²) < 4.78 is 16.0. The second-order valence-corrected chi connectivity index (χ2v) is 8.43. The number of likely N-dealkylation sites (N-methyl/N-ethyl adjacent to an activating group) is 1. The minimum Gasteiger partial charge on any atom is -0.493 e. The molecule has 1 aromatic heterocycles. The SMILES string of the molecule is CCOc1ccc(CN(CC)CC(=O)Nc2sc3c(c2C(=O)OC)CCC3)cc1OC. The van der Waals surface area contributed by atoms with Gasteiger partial charge in [0.25, 0.3) is 0 Å². The minimum absolute atomic E-state index is 0.148. The number of carbonyl (C=O) groups excluding carboxylic acids is 2. The average Bonchev–Trinajstić information content (AvgIpc) is 3.34. The Morgan fingerprint density at radius 1 is 1.16 bits per heavy atom. The van der Waals surface area contributed by atoms with Gasteiger partial charge >= 0.3 is 5.97 Å². The van der Waals surface area contributed by atoms with E-state index in [9.17, 15) is 9.59 Å². The van der Waals surface area contributed by atoms with Crippen LogP contribution in [0.3, 0.4) is 0 Å². The number of anilines is 1. The first kappa shape index (κ1) is 23.1. The monoisotopic (exact) mass is 446 g/mol. The molecule has 1 N–H and O–H groups in total. The molecular weight excluding hydrogens is 416 g/mol. The molecule has 0 spiro atoms. The first-order valence-corrected chi connectivity index (χ1v) is 11.4. The van der Waals surface area contributed by atoms with Crippen molar-refractivity contribution >= 4 is 28.2 Å². The fraction of sp³-hybridized carbons (Fsp3) is 0.478. The molecule has 0 unspecified atom stereocenters. The van der Waals surface area contributed by atoms with Crippen LogP contribution < -0.4 is 14.8 Å². The molecule has 1 heterocycles. The highest BCUT2D eigenvalue weighted by Crippen LogP contribution is 2.39. The highest BCUT2D eigenvalue weighted by Gasteiger charge is 2.28. The summed E-state index contributed by atoms with van der Waals surface area (Å²) in [5, 5.41) is 3.54. The molecular formula is C23H30N2O5S. The van der Waals surface area contributed by atoms with Crippen molar-refractivity contribution in [2.75, 3.05) is 39.2 Å². The van der Waals surface area contributed by atoms with E-state index in [2.05, 4.69) is 5.32 Å². The highest BCUT2D eigenvalue weighted by molar-refractivity contribution is 7.17. The second-order valence-electron chi connectivity index (χ2n) is 7.32. The van der Waals surface area contributed by atoms with Crippen LogP contribution >= 0.6 is 11.3 Å². The molecule has 7 nitrogen and oxygen atoms in total. The number of hydrogen-bond donors (Lipinski definition) is 1. The van der Waals surface area contributed by atoms with Crippen LogP contribution in [0.4, 0.5) is 5.00 Å². The van der Waals surface area contributed by atoms with Gasteiger partial charge in [0.15, 0.2) is 11.5 Å². The van der Waals surface area contributed by atoms with E-state index in [1.54, 1.807) is 7.11 Å². The predicted molar refractivity (Wildman–Crippen MR) is 121 cm³/mol. The van der Waals surface area contributed by atoms with Crippen LogP contribution in [0.2, 0.25) is 0 Å². The molecule has 2 aromatic rings. The number of nitrogens with one attached hydrogen (secondary N) is 1. The van der Waals surface area contributed by atoms with Crippen molar-refractivity contribution in [3.05, 3.63) is 39.8 Å². The van der Waals surface area contributed by atoms with Crippen molar-refractivity contribution in [3.63, 3.8) is 0 Å². The van der Waals surface area contributed by atoms with E-state index < -0.39 is 0 Å². The standard InChI is InChI=1S/C23H30N2O5S/c1-5-25(13-15-10-11-17(30-6-2)18(12-15)28-3)14-20(26)24-22-21(23(27)29-4)16-8-7-9-19(16)31-22/h10-12H,5-9,13-14H2,1-4H3,(H,24,26). The number of carbonyl (C=O) groups is 2. The van der Waals surface area contributed by atoms with Gasteiger partial charge in [0.2, 0.25) is 5.91 Å². The van der Waals surface area contributed by atoms with E-state index >= 15 is 0 Å². The van der Waals surface area contributed by atoms with E-state index in [-0.39, 0.29) is 18.4 Å². The number of esters is 1. The topological polar surface area (TPSA) is 77.1 Å². The number of thiophene rings is 1. The Kier molecular flexibility index (Phi) is 7.92. The number of ether oxygens (including phenoxy) is 3. The molecule has 0 saturated carbocycles. The predicted octanol–water partition coefficient (Wildman–Crippen LogP) is 3.89. The Labute approximate surface area is 187 Å². The van der Waals surface area contributed by atoms with E-state index in [1.807, 2.05) is 36.9 Å². The molecule has 0 fully saturated rings. The van der Waals surface area contributed by atoms with Gasteiger partial charge < -0.3 is 19.5 Å². The van der Waals surface area contributed by atoms with Gasteiger partial charge in [-0.25, -0.2) is 4.79 Å². The molecule has 8 heteroatoms. The maximum Gasteiger partial charge on any atom is 0.341 e. The van der Waals surface area contributed by atoms with E-state index in [0.29, 0.717) is 41.8 Å². The third-order valence-corrected chi connectivity index (χ3v) is 6.52. The molecule has 0 bridgehead atoms. The van der Waals surface area contributed by atoms with Crippen LogP contribution in [0.5, 0.6) is 11.5 Å². The number of methoxy groups -OCH3 is 2. The summed E-state index contributed by atoms with van der Waals surface area (Å²) in [5.74, 6) is 0.847. The third kappa shape index (κ3) is 5.37. The Morgan fingerprint density at radius 3 is 2.65 bits per heavy atom. The molecule has 1 aliphatic carbocycles. The smallest absolute Gasteiger partial charge is 0.341 e. The number of fused-ring (bicyclic) bond motifs is 1. The van der Waals surface area contributed by atoms with Crippen molar-refractivity contribution in [1.29, 1.82) is 0 Å². The molecule has 1 amide bonds. The third-order valence-electron chi connectivity index (χ3n) is 5.31. The molecule has 1 aliphatic rings. The summed E-state index contributed by atoms with van der Waals surface area (Å²) in [4.78, 5) is 28.3. The lowest BCUT2D eigenvalue weighted by Gasteiger charge is -2.21. The van der Waals surface area contributed by atoms with Crippen molar-refractivity contribution in [2.45, 2.75) is 39.7 Å². The van der Waals surface area contributed by atoms with Gasteiger partial charge in [-0.3, -0.25) is 9.69 Å². The lowest BCUT2D eigenvalue weighted by molar-refractivity contribution is -0.117. The molecule has 168 valence electrons. The maximum absolute atomic E-state index is 12.8. The number of aryl methyl sites for hydroxylation is 1. The number of benzene rings is 1. The van der Waals surface area contributed by atoms with Gasteiger partial charge in [-0.15, -0.1) is 11.3 Å². The largest absolute Gasteiger partial charge is 0.493 e. The highest BCUT2D eigenvalue weighted by atomic mass is 32.1. The number of rotatable bonds is 10.